The SMILES string of the molecule is COC(=O)c1ccc(N)c(C2CCOC2)c1. The van der Waals surface area contributed by atoms with Crippen LogP contribution < -0.4 is 5.73 Å². The molecule has 2 N–H and O–H groups in total. The summed E-state index contributed by atoms with van der Waals surface area (Å²) in [6, 6.07) is 5.24. The third kappa shape index (κ3) is 2.02. The number of methoxy groups -OCH3 is 1. The molecule has 1 fully saturated rings. The highest BCUT2D eigenvalue weighted by atomic mass is 16.5. The second-order valence-corrected chi connectivity index (χ2v) is 3.90. The zero-order valence-electron chi connectivity index (χ0n) is 9.23. The molecule has 0 amide bonds. The molecule has 0 aliphatic carbocycles. The van der Waals surface area contributed by atoms with Crippen molar-refractivity contribution in [2.45, 2.75) is 12.3 Å². The highest BCUT2D eigenvalue weighted by Crippen LogP contribution is 2.30. The normalized spacial score (nSPS) is 19.7. The third-order valence-electron chi connectivity index (χ3n) is 2.88. The molecule has 0 bridgehead atoms. The molecule has 1 aromatic carbocycles. The van der Waals surface area contributed by atoms with E-state index < -0.39 is 0 Å². The Morgan fingerprint density at radius 3 is 3.00 bits per heavy atom. The van der Waals surface area contributed by atoms with Gasteiger partial charge in [-0.2, -0.15) is 0 Å². The van der Waals surface area contributed by atoms with Gasteiger partial charge < -0.3 is 15.2 Å². The Kier molecular flexibility index (Phi) is 3.10. The van der Waals surface area contributed by atoms with Gasteiger partial charge in [-0.05, 0) is 30.2 Å². The molecule has 1 aromatic rings. The van der Waals surface area contributed by atoms with Gasteiger partial charge in [0.15, 0.2) is 0 Å². The van der Waals surface area contributed by atoms with Gasteiger partial charge in [0.2, 0.25) is 0 Å². The van der Waals surface area contributed by atoms with Crippen molar-refractivity contribution in [1.29, 1.82) is 0 Å². The first-order chi connectivity index (χ1) is 7.72. The number of rotatable bonds is 2. The lowest BCUT2D eigenvalue weighted by molar-refractivity contribution is 0.0600. The molecule has 4 nitrogen and oxygen atoms in total. The minimum Gasteiger partial charge on any atom is -0.465 e. The van der Waals surface area contributed by atoms with E-state index in [0.29, 0.717) is 23.8 Å². The van der Waals surface area contributed by atoms with Crippen LogP contribution in [0.3, 0.4) is 0 Å². The summed E-state index contributed by atoms with van der Waals surface area (Å²) in [5.41, 5.74) is 8.14. The molecule has 1 aliphatic heterocycles. The lowest BCUT2D eigenvalue weighted by atomic mass is 9.95. The van der Waals surface area contributed by atoms with Crippen molar-refractivity contribution < 1.29 is 14.3 Å². The Hall–Kier alpha value is -1.55. The van der Waals surface area contributed by atoms with Crippen LogP contribution in [0.1, 0.15) is 28.3 Å². The number of nitrogen functional groups attached to an aromatic ring is 1. The molecule has 0 spiro atoms. The average Bonchev–Trinajstić information content (AvgIpc) is 2.82. The number of esters is 1. The molecule has 0 saturated carbocycles. The van der Waals surface area contributed by atoms with Gasteiger partial charge in [-0.3, -0.25) is 0 Å². The molecular formula is C12H15NO3. The van der Waals surface area contributed by atoms with E-state index in [-0.39, 0.29) is 5.97 Å². The molecule has 86 valence electrons. The van der Waals surface area contributed by atoms with Crippen LogP contribution in [-0.2, 0) is 9.47 Å². The number of carbonyl (C=O) groups is 1. The van der Waals surface area contributed by atoms with Crippen LogP contribution >= 0.6 is 0 Å². The fourth-order valence-corrected chi connectivity index (χ4v) is 1.95. The topological polar surface area (TPSA) is 61.5 Å². The molecule has 1 aliphatic rings. The number of anilines is 1. The molecule has 1 atom stereocenters. The number of carbonyl (C=O) groups excluding carboxylic acids is 1. The van der Waals surface area contributed by atoms with E-state index in [1.165, 1.54) is 7.11 Å². The van der Waals surface area contributed by atoms with E-state index >= 15 is 0 Å². The fraction of sp³-hybridized carbons (Fsp3) is 0.417. The Labute approximate surface area is 94.3 Å². The van der Waals surface area contributed by atoms with Crippen molar-refractivity contribution in [1.82, 2.24) is 0 Å². The summed E-state index contributed by atoms with van der Waals surface area (Å²) in [7, 11) is 1.37. The Balaban J connectivity index is 2.32. The highest BCUT2D eigenvalue weighted by molar-refractivity contribution is 5.90. The van der Waals surface area contributed by atoms with Crippen LogP contribution in [0.5, 0.6) is 0 Å². The highest BCUT2D eigenvalue weighted by Gasteiger charge is 2.21. The van der Waals surface area contributed by atoms with E-state index in [0.717, 1.165) is 18.6 Å². The average molecular weight is 221 g/mol. The van der Waals surface area contributed by atoms with Crippen LogP contribution in [0.15, 0.2) is 18.2 Å². The lowest BCUT2D eigenvalue weighted by Crippen LogP contribution is -2.07. The van der Waals surface area contributed by atoms with Gasteiger partial charge in [-0.1, -0.05) is 0 Å². The second-order valence-electron chi connectivity index (χ2n) is 3.90. The van der Waals surface area contributed by atoms with Gasteiger partial charge >= 0.3 is 5.97 Å². The Morgan fingerprint density at radius 2 is 2.38 bits per heavy atom. The third-order valence-corrected chi connectivity index (χ3v) is 2.88. The summed E-state index contributed by atoms with van der Waals surface area (Å²) in [5, 5.41) is 0. The van der Waals surface area contributed by atoms with E-state index in [1.54, 1.807) is 18.2 Å². The Morgan fingerprint density at radius 1 is 1.56 bits per heavy atom. The van der Waals surface area contributed by atoms with Crippen molar-refractivity contribution in [3.8, 4) is 0 Å². The van der Waals surface area contributed by atoms with Crippen LogP contribution in [0.25, 0.3) is 0 Å². The van der Waals surface area contributed by atoms with Crippen LogP contribution in [0.4, 0.5) is 5.69 Å². The first kappa shape index (κ1) is 11.0. The predicted octanol–water partition coefficient (Wildman–Crippen LogP) is 1.56. The van der Waals surface area contributed by atoms with Gasteiger partial charge in [0.25, 0.3) is 0 Å². The van der Waals surface area contributed by atoms with Crippen molar-refractivity contribution in [2.75, 3.05) is 26.1 Å². The maximum absolute atomic E-state index is 11.4. The quantitative estimate of drug-likeness (QED) is 0.608. The van der Waals surface area contributed by atoms with Crippen LogP contribution in [-0.4, -0.2) is 26.3 Å². The number of hydrogen-bond donors (Lipinski definition) is 1. The van der Waals surface area contributed by atoms with Crippen LogP contribution in [0.2, 0.25) is 0 Å². The number of benzene rings is 1. The monoisotopic (exact) mass is 221 g/mol. The van der Waals surface area contributed by atoms with Crippen molar-refractivity contribution in [2.24, 2.45) is 0 Å². The molecule has 16 heavy (non-hydrogen) atoms. The Bertz CT molecular complexity index is 397. The van der Waals surface area contributed by atoms with E-state index in [9.17, 15) is 4.79 Å². The maximum atomic E-state index is 11.4. The summed E-state index contributed by atoms with van der Waals surface area (Å²) < 4.78 is 10.0. The molecular weight excluding hydrogens is 206 g/mol. The summed E-state index contributed by atoms with van der Waals surface area (Å²) >= 11 is 0. The number of nitrogens with two attached hydrogens (primary N) is 1. The smallest absolute Gasteiger partial charge is 0.337 e. The van der Waals surface area contributed by atoms with Crippen molar-refractivity contribution in [3.05, 3.63) is 29.3 Å². The molecule has 1 saturated heterocycles. The fourth-order valence-electron chi connectivity index (χ4n) is 1.95. The minimum atomic E-state index is -0.333. The number of hydrogen-bond acceptors (Lipinski definition) is 4. The van der Waals surface area contributed by atoms with E-state index in [1.807, 2.05) is 0 Å². The molecule has 2 rings (SSSR count). The number of ether oxygens (including phenoxy) is 2. The predicted molar refractivity (Wildman–Crippen MR) is 60.4 cm³/mol. The summed E-state index contributed by atoms with van der Waals surface area (Å²) in [6.07, 6.45) is 0.953. The zero-order chi connectivity index (χ0) is 11.5. The van der Waals surface area contributed by atoms with Crippen molar-refractivity contribution >= 4 is 11.7 Å². The first-order valence-corrected chi connectivity index (χ1v) is 5.28. The van der Waals surface area contributed by atoms with Gasteiger partial charge in [-0.25, -0.2) is 4.79 Å². The largest absolute Gasteiger partial charge is 0.465 e. The molecule has 0 aromatic heterocycles. The van der Waals surface area contributed by atoms with Gasteiger partial charge in [0, 0.05) is 18.2 Å². The summed E-state index contributed by atoms with van der Waals surface area (Å²) in [5.74, 6) is -0.0372. The zero-order valence-corrected chi connectivity index (χ0v) is 9.23. The molecule has 4 heteroatoms. The second kappa shape index (κ2) is 4.53. The molecule has 1 unspecified atom stereocenters. The van der Waals surface area contributed by atoms with Gasteiger partial charge in [-0.15, -0.1) is 0 Å². The standard InChI is InChI=1S/C12H15NO3/c1-15-12(14)8-2-3-11(13)10(6-8)9-4-5-16-7-9/h2-3,6,9H,4-5,7,13H2,1H3. The van der Waals surface area contributed by atoms with E-state index in [4.69, 9.17) is 10.5 Å². The molecule has 0 radical (unpaired) electrons. The summed E-state index contributed by atoms with van der Waals surface area (Å²) in [6.45, 7) is 1.43. The minimum absolute atomic E-state index is 0.296. The lowest BCUT2D eigenvalue weighted by Gasteiger charge is -2.12. The van der Waals surface area contributed by atoms with Crippen LogP contribution in [0, 0.1) is 0 Å². The van der Waals surface area contributed by atoms with Crippen molar-refractivity contribution in [3.63, 3.8) is 0 Å². The summed E-state index contributed by atoms with van der Waals surface area (Å²) in [4.78, 5) is 11.4. The van der Waals surface area contributed by atoms with Gasteiger partial charge in [0.05, 0.1) is 19.3 Å². The maximum Gasteiger partial charge on any atom is 0.337 e. The van der Waals surface area contributed by atoms with E-state index in [2.05, 4.69) is 4.74 Å². The van der Waals surface area contributed by atoms with Gasteiger partial charge in [0.1, 0.15) is 0 Å². The molecule has 1 heterocycles. The first-order valence-electron chi connectivity index (χ1n) is 5.28.